The maximum absolute atomic E-state index is 11.8. The molecule has 2 amide bonds. The highest BCUT2D eigenvalue weighted by atomic mass is 16.5. The van der Waals surface area contributed by atoms with Gasteiger partial charge >= 0.3 is 0 Å². The summed E-state index contributed by atoms with van der Waals surface area (Å²) in [5.74, 6) is -0.741. The van der Waals surface area contributed by atoms with E-state index in [0.717, 1.165) is 5.56 Å². The summed E-state index contributed by atoms with van der Waals surface area (Å²) in [6.07, 6.45) is 3.93. The van der Waals surface area contributed by atoms with Crippen molar-refractivity contribution in [1.82, 2.24) is 5.48 Å². The van der Waals surface area contributed by atoms with Gasteiger partial charge in [0.15, 0.2) is 0 Å². The molecule has 22 heavy (non-hydrogen) atoms. The third kappa shape index (κ3) is 4.57. The van der Waals surface area contributed by atoms with E-state index in [9.17, 15) is 9.59 Å². The van der Waals surface area contributed by atoms with E-state index in [2.05, 4.69) is 5.32 Å². The number of carbonyl (C=O) groups excluding carboxylic acids is 2. The second kappa shape index (κ2) is 7.75. The molecule has 0 aromatic heterocycles. The van der Waals surface area contributed by atoms with Gasteiger partial charge in [0.1, 0.15) is 0 Å². The van der Waals surface area contributed by atoms with Gasteiger partial charge < -0.3 is 5.32 Å². The Kier molecular flexibility index (Phi) is 5.45. The van der Waals surface area contributed by atoms with Crippen molar-refractivity contribution >= 4 is 23.6 Å². The summed E-state index contributed by atoms with van der Waals surface area (Å²) in [4.78, 5) is 23.0. The molecule has 0 aliphatic carbocycles. The average Bonchev–Trinajstić information content (AvgIpc) is 2.56. The van der Waals surface area contributed by atoms with Crippen LogP contribution in [0.5, 0.6) is 0 Å². The smallest absolute Gasteiger partial charge is 0.274 e. The minimum atomic E-state index is -0.594. The van der Waals surface area contributed by atoms with E-state index < -0.39 is 5.91 Å². The molecule has 5 nitrogen and oxygen atoms in total. The highest BCUT2D eigenvalue weighted by Gasteiger charge is 2.04. The molecule has 0 heterocycles. The van der Waals surface area contributed by atoms with E-state index in [1.807, 2.05) is 36.4 Å². The Labute approximate surface area is 128 Å². The van der Waals surface area contributed by atoms with Crippen molar-refractivity contribution in [3.63, 3.8) is 0 Å². The number of hydrogen-bond donors (Lipinski definition) is 3. The molecule has 112 valence electrons. The first-order chi connectivity index (χ1) is 10.7. The Bertz CT molecular complexity index is 664. The molecule has 0 unspecified atom stereocenters. The minimum absolute atomic E-state index is 0.147. The summed E-state index contributed by atoms with van der Waals surface area (Å²) in [5.41, 5.74) is 3.49. The molecule has 0 radical (unpaired) electrons. The van der Waals surface area contributed by atoms with Crippen molar-refractivity contribution in [3.8, 4) is 0 Å². The fourth-order valence-electron chi connectivity index (χ4n) is 1.85. The lowest BCUT2D eigenvalue weighted by molar-refractivity contribution is -0.115. The fraction of sp³-hybridized carbons (Fsp3) is 0.0588. The summed E-state index contributed by atoms with van der Waals surface area (Å²) in [6, 6.07) is 16.0. The maximum atomic E-state index is 11.8. The lowest BCUT2D eigenvalue weighted by atomic mass is 10.2. The van der Waals surface area contributed by atoms with Crippen LogP contribution in [-0.4, -0.2) is 17.0 Å². The Morgan fingerprint density at radius 2 is 1.68 bits per heavy atom. The average molecular weight is 296 g/mol. The Morgan fingerprint density at radius 3 is 2.32 bits per heavy atom. The molecule has 0 aliphatic rings. The van der Waals surface area contributed by atoms with Crippen LogP contribution in [-0.2, 0) is 4.79 Å². The van der Waals surface area contributed by atoms with Crippen molar-refractivity contribution in [2.24, 2.45) is 0 Å². The molecule has 3 N–H and O–H groups in total. The number of nitrogens with one attached hydrogen (secondary N) is 2. The van der Waals surface area contributed by atoms with Gasteiger partial charge in [0, 0.05) is 17.7 Å². The number of benzene rings is 2. The molecule has 0 bridgehead atoms. The largest absolute Gasteiger partial charge is 0.326 e. The van der Waals surface area contributed by atoms with Gasteiger partial charge in [-0.05, 0) is 29.8 Å². The zero-order valence-electron chi connectivity index (χ0n) is 11.8. The highest BCUT2D eigenvalue weighted by Crippen LogP contribution is 2.10. The molecule has 0 fully saturated rings. The zero-order chi connectivity index (χ0) is 15.8. The van der Waals surface area contributed by atoms with Gasteiger partial charge in [-0.3, -0.25) is 14.8 Å². The molecule has 0 aliphatic heterocycles. The first kappa shape index (κ1) is 15.5. The van der Waals surface area contributed by atoms with Crippen LogP contribution in [0, 0.1) is 0 Å². The van der Waals surface area contributed by atoms with Gasteiger partial charge in [0.2, 0.25) is 5.91 Å². The van der Waals surface area contributed by atoms with Crippen LogP contribution in [0.1, 0.15) is 22.3 Å². The van der Waals surface area contributed by atoms with E-state index in [1.54, 1.807) is 23.7 Å². The summed E-state index contributed by atoms with van der Waals surface area (Å²) in [6.45, 7) is 0. The van der Waals surface area contributed by atoms with E-state index in [0.29, 0.717) is 11.3 Å². The van der Waals surface area contributed by atoms with Gasteiger partial charge in [0.05, 0.1) is 0 Å². The third-order valence-electron chi connectivity index (χ3n) is 2.95. The van der Waals surface area contributed by atoms with Crippen LogP contribution in [0.4, 0.5) is 5.69 Å². The van der Waals surface area contributed by atoms with Crippen molar-refractivity contribution < 1.29 is 14.8 Å². The van der Waals surface area contributed by atoms with Crippen LogP contribution in [0.2, 0.25) is 0 Å². The molecule has 0 saturated heterocycles. The van der Waals surface area contributed by atoms with Gasteiger partial charge in [-0.25, -0.2) is 5.48 Å². The number of amides is 2. The normalized spacial score (nSPS) is 10.4. The number of carbonyl (C=O) groups is 2. The molecule has 5 heteroatoms. The van der Waals surface area contributed by atoms with Crippen molar-refractivity contribution in [2.75, 3.05) is 5.32 Å². The molecule has 0 spiro atoms. The minimum Gasteiger partial charge on any atom is -0.326 e. The number of anilines is 1. The topological polar surface area (TPSA) is 78.4 Å². The summed E-state index contributed by atoms with van der Waals surface area (Å²) >= 11 is 0. The molecule has 2 rings (SSSR count). The van der Waals surface area contributed by atoms with Crippen molar-refractivity contribution in [3.05, 3.63) is 71.8 Å². The number of hydrogen-bond acceptors (Lipinski definition) is 3. The first-order valence-corrected chi connectivity index (χ1v) is 6.75. The second-order valence-electron chi connectivity index (χ2n) is 4.58. The van der Waals surface area contributed by atoms with Crippen molar-refractivity contribution in [2.45, 2.75) is 6.42 Å². The van der Waals surface area contributed by atoms with Crippen LogP contribution in [0.3, 0.4) is 0 Å². The molecule has 2 aromatic carbocycles. The van der Waals surface area contributed by atoms with Crippen LogP contribution in [0.25, 0.3) is 6.08 Å². The Morgan fingerprint density at radius 1 is 1.00 bits per heavy atom. The Hall–Kier alpha value is -2.92. The van der Waals surface area contributed by atoms with E-state index >= 15 is 0 Å². The lowest BCUT2D eigenvalue weighted by Gasteiger charge is -2.04. The van der Waals surface area contributed by atoms with Crippen molar-refractivity contribution in [1.29, 1.82) is 0 Å². The predicted octanol–water partition coefficient (Wildman–Crippen LogP) is 2.85. The second-order valence-corrected chi connectivity index (χ2v) is 4.58. The van der Waals surface area contributed by atoms with Gasteiger partial charge in [0.25, 0.3) is 5.91 Å². The SMILES string of the molecule is O=C(C/C=C\c1ccccc1)Nc1ccc(C(=O)NO)cc1. The highest BCUT2D eigenvalue weighted by molar-refractivity contribution is 5.95. The monoisotopic (exact) mass is 296 g/mol. The predicted molar refractivity (Wildman–Crippen MR) is 84.4 cm³/mol. The first-order valence-electron chi connectivity index (χ1n) is 6.75. The van der Waals surface area contributed by atoms with E-state index in [1.165, 1.54) is 12.1 Å². The molecule has 2 aromatic rings. The third-order valence-corrected chi connectivity index (χ3v) is 2.95. The lowest BCUT2D eigenvalue weighted by Crippen LogP contribution is -2.18. The maximum Gasteiger partial charge on any atom is 0.274 e. The quantitative estimate of drug-likeness (QED) is 0.586. The molecule has 0 atom stereocenters. The molecular formula is C17H16N2O3. The van der Waals surface area contributed by atoms with Gasteiger partial charge in [-0.2, -0.15) is 0 Å². The van der Waals surface area contributed by atoms with E-state index in [4.69, 9.17) is 5.21 Å². The molecular weight excluding hydrogens is 280 g/mol. The zero-order valence-corrected chi connectivity index (χ0v) is 11.8. The van der Waals surface area contributed by atoms with Gasteiger partial charge in [-0.15, -0.1) is 0 Å². The summed E-state index contributed by atoms with van der Waals surface area (Å²) in [5, 5.41) is 11.2. The Balaban J connectivity index is 1.87. The standard InChI is InChI=1S/C17H16N2O3/c20-16(8-4-7-13-5-2-1-3-6-13)18-15-11-9-14(10-12-15)17(21)19-22/h1-7,9-12,22H,8H2,(H,18,20)(H,19,21)/b7-4-. The van der Waals surface area contributed by atoms with Crippen LogP contribution >= 0.6 is 0 Å². The van der Waals surface area contributed by atoms with Gasteiger partial charge in [-0.1, -0.05) is 42.5 Å². The van der Waals surface area contributed by atoms with E-state index in [-0.39, 0.29) is 12.3 Å². The summed E-state index contributed by atoms with van der Waals surface area (Å²) in [7, 11) is 0. The van der Waals surface area contributed by atoms with Crippen LogP contribution < -0.4 is 10.8 Å². The fourth-order valence-corrected chi connectivity index (χ4v) is 1.85. The number of rotatable bonds is 5. The molecule has 0 saturated carbocycles. The van der Waals surface area contributed by atoms with Crippen LogP contribution in [0.15, 0.2) is 60.7 Å². The summed E-state index contributed by atoms with van der Waals surface area (Å²) < 4.78 is 0. The number of hydroxylamine groups is 1.